The second kappa shape index (κ2) is 7.37. The van der Waals surface area contributed by atoms with Crippen LogP contribution in [0.25, 0.3) is 0 Å². The van der Waals surface area contributed by atoms with Crippen LogP contribution in [0.1, 0.15) is 60.3 Å². The van der Waals surface area contributed by atoms with Crippen LogP contribution in [-0.2, 0) is 0 Å². The predicted octanol–water partition coefficient (Wildman–Crippen LogP) is 3.59. The minimum Gasteiger partial charge on any atom is -0.312 e. The van der Waals surface area contributed by atoms with Gasteiger partial charge < -0.3 is 5.32 Å². The first-order valence-electron chi connectivity index (χ1n) is 5.86. The van der Waals surface area contributed by atoms with Crippen LogP contribution in [0.4, 0.5) is 0 Å². The fourth-order valence-electron chi connectivity index (χ4n) is 1.59. The second-order valence-electron chi connectivity index (χ2n) is 4.55. The maximum atomic E-state index is 3.67. The highest BCUT2D eigenvalue weighted by molar-refractivity contribution is 4.69. The Morgan fingerprint density at radius 1 is 0.923 bits per heavy atom. The lowest BCUT2D eigenvalue weighted by molar-refractivity contribution is 0.385. The molecule has 0 fully saturated rings. The summed E-state index contributed by atoms with van der Waals surface area (Å²) in [6, 6.07) is 1.41. The molecule has 1 N–H and O–H groups in total. The van der Waals surface area contributed by atoms with Gasteiger partial charge in [0.1, 0.15) is 0 Å². The summed E-state index contributed by atoms with van der Waals surface area (Å²) < 4.78 is 0. The maximum absolute atomic E-state index is 3.67. The van der Waals surface area contributed by atoms with E-state index in [0.717, 1.165) is 12.0 Å². The van der Waals surface area contributed by atoms with Crippen molar-refractivity contribution in [2.45, 2.75) is 72.4 Å². The van der Waals surface area contributed by atoms with Crippen molar-refractivity contribution in [2.24, 2.45) is 5.92 Å². The Balaban J connectivity index is 3.53. The summed E-state index contributed by atoms with van der Waals surface area (Å²) in [5.41, 5.74) is 0. The molecule has 0 spiro atoms. The highest BCUT2D eigenvalue weighted by atomic mass is 14.9. The fraction of sp³-hybridized carbons (Fsp3) is 1.00. The molecular weight excluding hydrogens is 158 g/mol. The van der Waals surface area contributed by atoms with Crippen molar-refractivity contribution >= 4 is 0 Å². The van der Waals surface area contributed by atoms with E-state index in [1.165, 1.54) is 25.7 Å². The monoisotopic (exact) mass is 185 g/mol. The van der Waals surface area contributed by atoms with E-state index in [2.05, 4.69) is 39.9 Å². The average Bonchev–Trinajstić information content (AvgIpc) is 2.10. The van der Waals surface area contributed by atoms with Gasteiger partial charge in [0.25, 0.3) is 0 Å². The lowest BCUT2D eigenvalue weighted by Crippen LogP contribution is -2.35. The molecule has 1 heteroatoms. The van der Waals surface area contributed by atoms with E-state index in [1.54, 1.807) is 0 Å². The second-order valence-corrected chi connectivity index (χ2v) is 4.55. The van der Waals surface area contributed by atoms with Crippen LogP contribution in [-0.4, -0.2) is 12.1 Å². The van der Waals surface area contributed by atoms with Gasteiger partial charge in [-0.2, -0.15) is 0 Å². The van der Waals surface area contributed by atoms with E-state index in [0.29, 0.717) is 6.04 Å². The van der Waals surface area contributed by atoms with Crippen molar-refractivity contribution in [3.63, 3.8) is 0 Å². The van der Waals surface area contributed by atoms with Gasteiger partial charge in [-0.05, 0) is 38.5 Å². The van der Waals surface area contributed by atoms with Crippen LogP contribution in [0, 0.1) is 5.92 Å². The van der Waals surface area contributed by atoms with Gasteiger partial charge in [0, 0.05) is 12.1 Å². The van der Waals surface area contributed by atoms with E-state index in [1.807, 2.05) is 0 Å². The summed E-state index contributed by atoms with van der Waals surface area (Å²) in [5, 5.41) is 3.67. The molecule has 13 heavy (non-hydrogen) atoms. The summed E-state index contributed by atoms with van der Waals surface area (Å²) in [6.45, 7) is 11.4. The van der Waals surface area contributed by atoms with Crippen LogP contribution in [0.15, 0.2) is 0 Å². The van der Waals surface area contributed by atoms with Crippen molar-refractivity contribution in [1.29, 1.82) is 0 Å². The molecular formula is C12H27N. The highest BCUT2D eigenvalue weighted by Gasteiger charge is 2.08. The third kappa shape index (κ3) is 7.06. The Kier molecular flexibility index (Phi) is 7.35. The predicted molar refractivity (Wildman–Crippen MR) is 61.0 cm³/mol. The molecule has 1 nitrogen and oxygen atoms in total. The average molecular weight is 185 g/mol. The minimum atomic E-state index is 0.687. The lowest BCUT2D eigenvalue weighted by Gasteiger charge is -2.21. The molecule has 0 amide bonds. The Labute approximate surface area is 84.3 Å². The van der Waals surface area contributed by atoms with Crippen molar-refractivity contribution in [3.05, 3.63) is 0 Å². The smallest absolute Gasteiger partial charge is 0.00642 e. The van der Waals surface area contributed by atoms with Gasteiger partial charge in [-0.1, -0.05) is 27.7 Å². The summed E-state index contributed by atoms with van der Waals surface area (Å²) in [4.78, 5) is 0. The van der Waals surface area contributed by atoms with E-state index in [9.17, 15) is 0 Å². The van der Waals surface area contributed by atoms with Crippen molar-refractivity contribution in [2.75, 3.05) is 0 Å². The van der Waals surface area contributed by atoms with Crippen LogP contribution in [0.5, 0.6) is 0 Å². The molecule has 0 aromatic rings. The summed E-state index contributed by atoms with van der Waals surface area (Å²) >= 11 is 0. The maximum Gasteiger partial charge on any atom is 0.00642 e. The number of hydrogen-bond donors (Lipinski definition) is 1. The van der Waals surface area contributed by atoms with E-state index >= 15 is 0 Å². The summed E-state index contributed by atoms with van der Waals surface area (Å²) in [7, 11) is 0. The van der Waals surface area contributed by atoms with E-state index < -0.39 is 0 Å². The molecule has 1 unspecified atom stereocenters. The third-order valence-corrected chi connectivity index (χ3v) is 2.68. The first-order valence-corrected chi connectivity index (χ1v) is 5.86. The summed E-state index contributed by atoms with van der Waals surface area (Å²) in [5.74, 6) is 0.839. The molecule has 0 saturated carbocycles. The van der Waals surface area contributed by atoms with E-state index in [4.69, 9.17) is 0 Å². The quantitative estimate of drug-likeness (QED) is 0.639. The molecule has 0 radical (unpaired) electrons. The van der Waals surface area contributed by atoms with Gasteiger partial charge in [-0.3, -0.25) is 0 Å². The topological polar surface area (TPSA) is 12.0 Å². The van der Waals surface area contributed by atoms with Gasteiger partial charge in [-0.25, -0.2) is 0 Å². The highest BCUT2D eigenvalue weighted by Crippen LogP contribution is 2.08. The molecule has 0 aliphatic heterocycles. The molecule has 1 atom stereocenters. The van der Waals surface area contributed by atoms with Crippen molar-refractivity contribution in [1.82, 2.24) is 5.32 Å². The van der Waals surface area contributed by atoms with Crippen LogP contribution in [0.3, 0.4) is 0 Å². The molecule has 0 rings (SSSR count). The van der Waals surface area contributed by atoms with Crippen LogP contribution < -0.4 is 5.32 Å². The third-order valence-electron chi connectivity index (χ3n) is 2.68. The SMILES string of the molecule is CCC(CC)NC(C)CCC(C)C. The first-order chi connectivity index (χ1) is 6.10. The number of hydrogen-bond acceptors (Lipinski definition) is 1. The van der Waals surface area contributed by atoms with Gasteiger partial charge in [0.15, 0.2) is 0 Å². The summed E-state index contributed by atoms with van der Waals surface area (Å²) in [6.07, 6.45) is 5.16. The first kappa shape index (κ1) is 13.0. The standard InChI is InChI=1S/C12H27N/c1-6-12(7-2)13-11(5)9-8-10(3)4/h10-13H,6-9H2,1-5H3. The molecule has 0 aromatic carbocycles. The number of rotatable bonds is 7. The molecule has 80 valence electrons. The number of nitrogens with one attached hydrogen (secondary N) is 1. The Morgan fingerprint density at radius 2 is 1.46 bits per heavy atom. The zero-order chi connectivity index (χ0) is 10.3. The molecule has 0 aliphatic carbocycles. The van der Waals surface area contributed by atoms with E-state index in [-0.39, 0.29) is 0 Å². The molecule has 0 aromatic heterocycles. The van der Waals surface area contributed by atoms with Crippen LogP contribution >= 0.6 is 0 Å². The fourth-order valence-corrected chi connectivity index (χ4v) is 1.59. The molecule has 0 aliphatic rings. The van der Waals surface area contributed by atoms with Gasteiger partial charge in [0.05, 0.1) is 0 Å². The Hall–Kier alpha value is -0.0400. The Bertz CT molecular complexity index is 106. The largest absolute Gasteiger partial charge is 0.312 e. The lowest BCUT2D eigenvalue weighted by atomic mass is 10.0. The normalized spacial score (nSPS) is 14.1. The molecule has 0 saturated heterocycles. The van der Waals surface area contributed by atoms with Crippen molar-refractivity contribution in [3.8, 4) is 0 Å². The molecule has 0 bridgehead atoms. The van der Waals surface area contributed by atoms with Gasteiger partial charge >= 0.3 is 0 Å². The van der Waals surface area contributed by atoms with Crippen LogP contribution in [0.2, 0.25) is 0 Å². The van der Waals surface area contributed by atoms with Gasteiger partial charge in [0.2, 0.25) is 0 Å². The van der Waals surface area contributed by atoms with Crippen molar-refractivity contribution < 1.29 is 0 Å². The van der Waals surface area contributed by atoms with Gasteiger partial charge in [-0.15, -0.1) is 0 Å². The Morgan fingerprint density at radius 3 is 1.85 bits per heavy atom. The zero-order valence-corrected chi connectivity index (χ0v) is 10.1. The zero-order valence-electron chi connectivity index (χ0n) is 10.1. The minimum absolute atomic E-state index is 0.687. The molecule has 0 heterocycles.